The number of ether oxygens (including phenoxy) is 1. The van der Waals surface area contributed by atoms with Crippen LogP contribution in [-0.4, -0.2) is 36.1 Å². The summed E-state index contributed by atoms with van der Waals surface area (Å²) in [5.41, 5.74) is 3.40. The zero-order valence-corrected chi connectivity index (χ0v) is 15.9. The van der Waals surface area contributed by atoms with Gasteiger partial charge < -0.3 is 15.0 Å². The lowest BCUT2D eigenvalue weighted by Crippen LogP contribution is -2.41. The molecule has 0 bridgehead atoms. The third kappa shape index (κ3) is 4.67. The number of pyridine rings is 1. The number of anilines is 1. The highest BCUT2D eigenvalue weighted by Gasteiger charge is 2.20. The van der Waals surface area contributed by atoms with E-state index in [0.717, 1.165) is 31.7 Å². The van der Waals surface area contributed by atoms with Crippen molar-refractivity contribution < 1.29 is 4.74 Å². The first-order chi connectivity index (χ1) is 12.5. The van der Waals surface area contributed by atoms with Crippen LogP contribution in [0.15, 0.2) is 41.3 Å². The van der Waals surface area contributed by atoms with Crippen molar-refractivity contribution in [2.75, 3.05) is 25.5 Å². The third-order valence-corrected chi connectivity index (χ3v) is 5.00. The minimum absolute atomic E-state index is 0.0711. The second-order valence-corrected chi connectivity index (χ2v) is 7.39. The molecule has 1 aliphatic heterocycles. The average molecular weight is 355 g/mol. The molecule has 1 unspecified atom stereocenters. The Morgan fingerprint density at radius 3 is 2.73 bits per heavy atom. The Hall–Kier alpha value is -2.27. The molecule has 0 aliphatic carbocycles. The minimum atomic E-state index is -0.0711. The van der Waals surface area contributed by atoms with E-state index in [2.05, 4.69) is 53.3 Å². The van der Waals surface area contributed by atoms with Crippen molar-refractivity contribution in [3.05, 3.63) is 58.0 Å². The molecule has 1 fully saturated rings. The molecule has 1 aliphatic rings. The Bertz CT molecular complexity index is 768. The van der Waals surface area contributed by atoms with Crippen LogP contribution in [0, 0.1) is 0 Å². The summed E-state index contributed by atoms with van der Waals surface area (Å²) in [6.07, 6.45) is 3.97. The number of rotatable bonds is 6. The first-order valence-corrected chi connectivity index (χ1v) is 9.39. The summed E-state index contributed by atoms with van der Waals surface area (Å²) in [5, 5.41) is 3.66. The maximum Gasteiger partial charge on any atom is 0.223 e. The van der Waals surface area contributed by atoms with Crippen LogP contribution in [0.4, 0.5) is 5.69 Å². The number of benzene rings is 1. The zero-order chi connectivity index (χ0) is 18.5. The number of methoxy groups -OCH3 is 1. The van der Waals surface area contributed by atoms with Gasteiger partial charge in [0.25, 0.3) is 0 Å². The molecule has 0 saturated carbocycles. The van der Waals surface area contributed by atoms with Gasteiger partial charge in [-0.1, -0.05) is 26.0 Å². The van der Waals surface area contributed by atoms with Crippen molar-refractivity contribution >= 4 is 5.69 Å². The molecule has 2 heterocycles. The van der Waals surface area contributed by atoms with Gasteiger partial charge in [-0.2, -0.15) is 0 Å². The van der Waals surface area contributed by atoms with Gasteiger partial charge in [0, 0.05) is 42.8 Å². The van der Waals surface area contributed by atoms with Crippen LogP contribution in [0.2, 0.25) is 0 Å². The fourth-order valence-corrected chi connectivity index (χ4v) is 3.51. The molecule has 2 N–H and O–H groups in total. The molecule has 140 valence electrons. The predicted molar refractivity (Wildman–Crippen MR) is 106 cm³/mol. The number of hydrogen-bond donors (Lipinski definition) is 2. The smallest absolute Gasteiger partial charge is 0.223 e. The first-order valence-electron chi connectivity index (χ1n) is 9.39. The van der Waals surface area contributed by atoms with E-state index in [1.807, 2.05) is 0 Å². The van der Waals surface area contributed by atoms with Crippen LogP contribution in [0.1, 0.15) is 43.9 Å². The summed E-state index contributed by atoms with van der Waals surface area (Å²) in [7, 11) is 1.51. The normalized spacial score (nSPS) is 18.1. The van der Waals surface area contributed by atoms with Crippen LogP contribution in [0.3, 0.4) is 0 Å². The molecule has 5 heteroatoms. The van der Waals surface area contributed by atoms with Crippen molar-refractivity contribution in [3.8, 4) is 5.75 Å². The van der Waals surface area contributed by atoms with E-state index < -0.39 is 0 Å². The standard InChI is InChI=1S/C21H29N3O2/c1-15(2)16-6-8-17(9-7-16)23-18-5-4-10-24(13-18)14-19-11-20(25)21(26-3)12-22-19/h6-9,11-12,15,18,23H,4-5,10,13-14H2,1-3H3,(H,22,25). The van der Waals surface area contributed by atoms with Gasteiger partial charge in [0.1, 0.15) is 0 Å². The number of piperidine rings is 1. The minimum Gasteiger partial charge on any atom is -0.491 e. The van der Waals surface area contributed by atoms with Gasteiger partial charge in [-0.15, -0.1) is 0 Å². The van der Waals surface area contributed by atoms with Crippen molar-refractivity contribution in [1.29, 1.82) is 0 Å². The maximum absolute atomic E-state index is 11.9. The number of hydrogen-bond acceptors (Lipinski definition) is 4. The van der Waals surface area contributed by atoms with Crippen molar-refractivity contribution in [1.82, 2.24) is 9.88 Å². The summed E-state index contributed by atoms with van der Waals surface area (Å²) in [5.74, 6) is 0.914. The maximum atomic E-state index is 11.9. The van der Waals surface area contributed by atoms with Gasteiger partial charge in [0.15, 0.2) is 5.75 Å². The fourth-order valence-electron chi connectivity index (χ4n) is 3.51. The quantitative estimate of drug-likeness (QED) is 0.831. The molecular formula is C21H29N3O2. The summed E-state index contributed by atoms with van der Waals surface area (Å²) >= 11 is 0. The summed E-state index contributed by atoms with van der Waals surface area (Å²) < 4.78 is 5.03. The molecule has 0 radical (unpaired) electrons. The second-order valence-electron chi connectivity index (χ2n) is 7.39. The number of nitrogens with zero attached hydrogens (tertiary/aromatic N) is 1. The van der Waals surface area contributed by atoms with Gasteiger partial charge in [0.05, 0.1) is 7.11 Å². The highest BCUT2D eigenvalue weighted by molar-refractivity contribution is 5.46. The summed E-state index contributed by atoms with van der Waals surface area (Å²) in [4.78, 5) is 17.5. The van der Waals surface area contributed by atoms with E-state index in [0.29, 0.717) is 17.7 Å². The third-order valence-electron chi connectivity index (χ3n) is 5.00. The Morgan fingerprint density at radius 1 is 1.31 bits per heavy atom. The van der Waals surface area contributed by atoms with Crippen LogP contribution >= 0.6 is 0 Å². The fraction of sp³-hybridized carbons (Fsp3) is 0.476. The molecular weight excluding hydrogens is 326 g/mol. The molecule has 0 amide bonds. The first kappa shape index (κ1) is 18.5. The molecule has 2 aromatic rings. The number of H-pyrrole nitrogens is 1. The van der Waals surface area contributed by atoms with Crippen LogP contribution < -0.4 is 15.5 Å². The lowest BCUT2D eigenvalue weighted by atomic mass is 10.0. The van der Waals surface area contributed by atoms with E-state index >= 15 is 0 Å². The summed E-state index contributed by atoms with van der Waals surface area (Å²) in [6.45, 7) is 7.21. The molecule has 1 aromatic heterocycles. The molecule has 3 rings (SSSR count). The number of nitrogens with one attached hydrogen (secondary N) is 2. The SMILES string of the molecule is COc1c[nH]c(CN2CCCC(Nc3ccc(C(C)C)cc3)C2)cc1=O. The molecule has 1 saturated heterocycles. The van der Waals surface area contributed by atoms with Crippen molar-refractivity contribution in [2.45, 2.75) is 45.2 Å². The molecule has 0 spiro atoms. The number of likely N-dealkylation sites (tertiary alicyclic amines) is 1. The Kier molecular flexibility index (Phi) is 5.99. The van der Waals surface area contributed by atoms with E-state index in [1.54, 1.807) is 12.3 Å². The van der Waals surface area contributed by atoms with E-state index in [4.69, 9.17) is 4.74 Å². The molecule has 26 heavy (non-hydrogen) atoms. The van der Waals surface area contributed by atoms with Gasteiger partial charge in [0.2, 0.25) is 5.43 Å². The Labute approximate surface area is 155 Å². The zero-order valence-electron chi connectivity index (χ0n) is 15.9. The van der Waals surface area contributed by atoms with E-state index in [1.165, 1.54) is 24.8 Å². The lowest BCUT2D eigenvalue weighted by Gasteiger charge is -2.33. The van der Waals surface area contributed by atoms with E-state index in [9.17, 15) is 4.79 Å². The van der Waals surface area contributed by atoms with Gasteiger partial charge >= 0.3 is 0 Å². The summed E-state index contributed by atoms with van der Waals surface area (Å²) in [6, 6.07) is 10.8. The van der Waals surface area contributed by atoms with Crippen LogP contribution in [-0.2, 0) is 6.54 Å². The molecule has 1 atom stereocenters. The van der Waals surface area contributed by atoms with Crippen molar-refractivity contribution in [3.63, 3.8) is 0 Å². The van der Waals surface area contributed by atoms with Gasteiger partial charge in [-0.25, -0.2) is 0 Å². The Morgan fingerprint density at radius 2 is 2.08 bits per heavy atom. The highest BCUT2D eigenvalue weighted by Crippen LogP contribution is 2.20. The molecule has 1 aromatic carbocycles. The van der Waals surface area contributed by atoms with E-state index in [-0.39, 0.29) is 5.43 Å². The van der Waals surface area contributed by atoms with Crippen molar-refractivity contribution in [2.24, 2.45) is 0 Å². The highest BCUT2D eigenvalue weighted by atomic mass is 16.5. The van der Waals surface area contributed by atoms with Gasteiger partial charge in [-0.05, 0) is 43.0 Å². The van der Waals surface area contributed by atoms with Crippen LogP contribution in [0.5, 0.6) is 5.75 Å². The number of aromatic amines is 1. The monoisotopic (exact) mass is 355 g/mol. The largest absolute Gasteiger partial charge is 0.491 e. The topological polar surface area (TPSA) is 57.4 Å². The van der Waals surface area contributed by atoms with Gasteiger partial charge in [-0.3, -0.25) is 9.69 Å². The number of aromatic nitrogens is 1. The lowest BCUT2D eigenvalue weighted by molar-refractivity contribution is 0.206. The Balaban J connectivity index is 1.58. The second kappa shape index (κ2) is 8.41. The average Bonchev–Trinajstić information content (AvgIpc) is 2.63. The predicted octanol–water partition coefficient (Wildman–Crippen LogP) is 3.58. The molecule has 5 nitrogen and oxygen atoms in total. The van der Waals surface area contributed by atoms with Crippen LogP contribution in [0.25, 0.3) is 0 Å².